The lowest BCUT2D eigenvalue weighted by molar-refractivity contribution is -0.141. The summed E-state index contributed by atoms with van der Waals surface area (Å²) < 4.78 is 10.7. The fourth-order valence-corrected chi connectivity index (χ4v) is 1.82. The Morgan fingerprint density at radius 1 is 1.32 bits per heavy atom. The van der Waals surface area contributed by atoms with E-state index in [1.807, 2.05) is 0 Å². The average Bonchev–Trinajstić information content (AvgIpc) is 2.34. The van der Waals surface area contributed by atoms with Crippen molar-refractivity contribution in [3.8, 4) is 0 Å². The van der Waals surface area contributed by atoms with Gasteiger partial charge in [0, 0.05) is 11.8 Å². The number of esters is 2. The van der Waals surface area contributed by atoms with E-state index < -0.39 is 11.9 Å². The van der Waals surface area contributed by atoms with Gasteiger partial charge >= 0.3 is 11.9 Å². The molecule has 0 atom stereocenters. The number of carbonyl (C=O) groups is 2. The third-order valence-corrected chi connectivity index (χ3v) is 2.76. The van der Waals surface area contributed by atoms with E-state index in [1.165, 1.54) is 17.7 Å². The topological polar surface area (TPSA) is 74.6 Å². The zero-order valence-corrected chi connectivity index (χ0v) is 11.5. The van der Waals surface area contributed by atoms with Gasteiger partial charge in [-0.25, -0.2) is 4.79 Å². The van der Waals surface area contributed by atoms with Crippen molar-refractivity contribution in [2.45, 2.75) is 27.3 Å². The molecule has 0 aliphatic heterocycles. The van der Waals surface area contributed by atoms with E-state index >= 15 is 0 Å². The second kappa shape index (κ2) is 6.17. The van der Waals surface area contributed by atoms with E-state index in [0.717, 1.165) is 0 Å². The van der Waals surface area contributed by atoms with Crippen LogP contribution in [0.5, 0.6) is 0 Å². The lowest BCUT2D eigenvalue weighted by atomic mass is 10.1. The van der Waals surface area contributed by atoms with Crippen LogP contribution in [0.1, 0.15) is 28.5 Å². The first-order valence-electron chi connectivity index (χ1n) is 5.87. The highest BCUT2D eigenvalue weighted by atomic mass is 16.5. The van der Waals surface area contributed by atoms with Gasteiger partial charge in [0.25, 0.3) is 5.56 Å². The van der Waals surface area contributed by atoms with Gasteiger partial charge in [-0.15, -0.1) is 0 Å². The normalized spacial score (nSPS) is 10.1. The highest BCUT2D eigenvalue weighted by Gasteiger charge is 2.19. The van der Waals surface area contributed by atoms with Crippen LogP contribution in [0.25, 0.3) is 0 Å². The number of aromatic nitrogens is 1. The smallest absolute Gasteiger partial charge is 0.340 e. The minimum Gasteiger partial charge on any atom is -0.468 e. The third-order valence-electron chi connectivity index (χ3n) is 2.76. The Morgan fingerprint density at radius 3 is 2.47 bits per heavy atom. The van der Waals surface area contributed by atoms with Crippen LogP contribution in [0.15, 0.2) is 10.9 Å². The molecule has 1 aromatic heterocycles. The van der Waals surface area contributed by atoms with E-state index in [4.69, 9.17) is 4.74 Å². The van der Waals surface area contributed by atoms with Crippen LogP contribution in [0.3, 0.4) is 0 Å². The molecule has 0 aromatic carbocycles. The van der Waals surface area contributed by atoms with Crippen molar-refractivity contribution < 1.29 is 19.1 Å². The number of carbonyl (C=O) groups excluding carboxylic acids is 2. The van der Waals surface area contributed by atoms with Crippen LogP contribution in [0.2, 0.25) is 0 Å². The molecule has 0 fully saturated rings. The Morgan fingerprint density at radius 2 is 1.95 bits per heavy atom. The number of rotatable bonds is 4. The van der Waals surface area contributed by atoms with Crippen LogP contribution < -0.4 is 5.56 Å². The molecule has 104 valence electrons. The maximum Gasteiger partial charge on any atom is 0.340 e. The molecule has 0 spiro atoms. The summed E-state index contributed by atoms with van der Waals surface area (Å²) in [5.74, 6) is -1.06. The first-order valence-corrected chi connectivity index (χ1v) is 5.87. The lowest BCUT2D eigenvalue weighted by Gasteiger charge is -2.14. The van der Waals surface area contributed by atoms with Crippen molar-refractivity contribution in [2.75, 3.05) is 13.7 Å². The number of pyridine rings is 1. The fraction of sp³-hybridized carbons (Fsp3) is 0.462. The largest absolute Gasteiger partial charge is 0.468 e. The molecule has 0 unspecified atom stereocenters. The van der Waals surface area contributed by atoms with Gasteiger partial charge in [-0.3, -0.25) is 9.59 Å². The number of ether oxygens (including phenoxy) is 2. The zero-order chi connectivity index (χ0) is 14.6. The summed E-state index contributed by atoms with van der Waals surface area (Å²) in [7, 11) is 1.24. The van der Waals surface area contributed by atoms with E-state index in [2.05, 4.69) is 4.74 Å². The molecule has 0 bridgehead atoms. The van der Waals surface area contributed by atoms with Gasteiger partial charge < -0.3 is 14.0 Å². The Bertz CT molecular complexity index is 559. The zero-order valence-electron chi connectivity index (χ0n) is 11.5. The van der Waals surface area contributed by atoms with Gasteiger partial charge in [0.1, 0.15) is 6.54 Å². The molecule has 0 saturated carbocycles. The molecule has 0 radical (unpaired) electrons. The highest BCUT2D eigenvalue weighted by molar-refractivity contribution is 5.92. The van der Waals surface area contributed by atoms with Crippen LogP contribution >= 0.6 is 0 Å². The van der Waals surface area contributed by atoms with E-state index in [9.17, 15) is 14.4 Å². The van der Waals surface area contributed by atoms with Crippen LogP contribution in [0, 0.1) is 13.8 Å². The minimum absolute atomic E-state index is 0.228. The Labute approximate surface area is 110 Å². The van der Waals surface area contributed by atoms with Crippen molar-refractivity contribution >= 4 is 11.9 Å². The average molecular weight is 267 g/mol. The number of hydrogen-bond acceptors (Lipinski definition) is 5. The summed E-state index contributed by atoms with van der Waals surface area (Å²) in [6, 6.07) is 1.31. The van der Waals surface area contributed by atoms with Gasteiger partial charge in [0.15, 0.2) is 0 Å². The number of hydrogen-bond donors (Lipinski definition) is 0. The SMILES string of the molecule is CCOC(=O)c1c(C)cc(=O)n(CC(=O)OC)c1C. The predicted molar refractivity (Wildman–Crippen MR) is 68.1 cm³/mol. The lowest BCUT2D eigenvalue weighted by Crippen LogP contribution is -2.29. The summed E-state index contributed by atoms with van der Waals surface area (Å²) in [6.45, 7) is 4.97. The molecular weight excluding hydrogens is 250 g/mol. The van der Waals surface area contributed by atoms with Crippen LogP contribution in [-0.2, 0) is 20.8 Å². The Kier molecular flexibility index (Phi) is 4.86. The van der Waals surface area contributed by atoms with Gasteiger partial charge in [-0.05, 0) is 26.3 Å². The van der Waals surface area contributed by atoms with Gasteiger partial charge in [-0.2, -0.15) is 0 Å². The number of aryl methyl sites for hydroxylation is 1. The first kappa shape index (κ1) is 14.9. The van der Waals surface area contributed by atoms with E-state index in [0.29, 0.717) is 16.8 Å². The molecule has 6 nitrogen and oxygen atoms in total. The molecule has 0 saturated heterocycles. The first-order chi connectivity index (χ1) is 8.92. The molecule has 1 aromatic rings. The maximum atomic E-state index is 11.9. The van der Waals surface area contributed by atoms with Crippen molar-refractivity contribution in [2.24, 2.45) is 0 Å². The second-order valence-corrected chi connectivity index (χ2v) is 4.01. The quantitative estimate of drug-likeness (QED) is 0.755. The summed E-state index contributed by atoms with van der Waals surface area (Å²) in [6.07, 6.45) is 0. The number of nitrogens with zero attached hydrogens (tertiary/aromatic N) is 1. The Hall–Kier alpha value is -2.11. The summed E-state index contributed by atoms with van der Waals surface area (Å²) in [4.78, 5) is 35.0. The van der Waals surface area contributed by atoms with Crippen LogP contribution in [-0.4, -0.2) is 30.2 Å². The molecule has 19 heavy (non-hydrogen) atoms. The summed E-state index contributed by atoms with van der Waals surface area (Å²) in [5, 5.41) is 0. The molecule has 0 aliphatic rings. The summed E-state index contributed by atoms with van der Waals surface area (Å²) in [5.41, 5.74) is 0.884. The van der Waals surface area contributed by atoms with Gasteiger partial charge in [0.2, 0.25) is 0 Å². The van der Waals surface area contributed by atoms with Gasteiger partial charge in [0.05, 0.1) is 19.3 Å². The summed E-state index contributed by atoms with van der Waals surface area (Å²) >= 11 is 0. The maximum absolute atomic E-state index is 11.9. The standard InChI is InChI=1S/C13H17NO5/c1-5-19-13(17)12-8(2)6-10(15)14(9(12)3)7-11(16)18-4/h6H,5,7H2,1-4H3. The van der Waals surface area contributed by atoms with E-state index in [-0.39, 0.29) is 18.7 Å². The fourth-order valence-electron chi connectivity index (χ4n) is 1.82. The van der Waals surface area contributed by atoms with Crippen molar-refractivity contribution in [1.29, 1.82) is 0 Å². The highest BCUT2D eigenvalue weighted by Crippen LogP contribution is 2.13. The Balaban J connectivity index is 3.34. The van der Waals surface area contributed by atoms with Crippen molar-refractivity contribution in [3.05, 3.63) is 33.2 Å². The molecule has 0 amide bonds. The molecule has 1 heterocycles. The molecule has 0 N–H and O–H groups in total. The minimum atomic E-state index is -0.552. The molecule has 6 heteroatoms. The van der Waals surface area contributed by atoms with E-state index in [1.54, 1.807) is 20.8 Å². The predicted octanol–water partition coefficient (Wildman–Crippen LogP) is 0.815. The second-order valence-electron chi connectivity index (χ2n) is 4.01. The molecule has 0 aliphatic carbocycles. The van der Waals surface area contributed by atoms with Crippen LogP contribution in [0.4, 0.5) is 0 Å². The number of methoxy groups -OCH3 is 1. The monoisotopic (exact) mass is 267 g/mol. The molecule has 1 rings (SSSR count). The molecular formula is C13H17NO5. The van der Waals surface area contributed by atoms with Crippen molar-refractivity contribution in [3.63, 3.8) is 0 Å². The third kappa shape index (κ3) is 3.21. The van der Waals surface area contributed by atoms with Gasteiger partial charge in [-0.1, -0.05) is 0 Å². The van der Waals surface area contributed by atoms with Crippen molar-refractivity contribution in [1.82, 2.24) is 4.57 Å².